The summed E-state index contributed by atoms with van der Waals surface area (Å²) in [6, 6.07) is 8.21. The number of aliphatic hydroxyl groups is 1. The number of benzene rings is 1. The van der Waals surface area contributed by atoms with Gasteiger partial charge < -0.3 is 9.84 Å². The maximum atomic E-state index is 11.1. The molecule has 0 aliphatic heterocycles. The Bertz CT molecular complexity index is 442. The van der Waals surface area contributed by atoms with Gasteiger partial charge in [0.05, 0.1) is 24.3 Å². The Labute approximate surface area is 93.4 Å². The third kappa shape index (κ3) is 2.47. The first kappa shape index (κ1) is 12.0. The third-order valence-electron chi connectivity index (χ3n) is 2.13. The summed E-state index contributed by atoms with van der Waals surface area (Å²) in [6.07, 6.45) is -1.11. The molecule has 82 valence electrons. The van der Waals surface area contributed by atoms with Crippen molar-refractivity contribution in [2.24, 2.45) is 0 Å². The Balaban J connectivity index is 2.89. The van der Waals surface area contributed by atoms with Crippen LogP contribution in [0.25, 0.3) is 0 Å². The Kier molecular flexibility index (Phi) is 3.81. The molecule has 0 aliphatic carbocycles. The molecule has 1 atom stereocenters. The Morgan fingerprint density at radius 3 is 2.50 bits per heavy atom. The second-order valence-corrected chi connectivity index (χ2v) is 3.15. The summed E-state index contributed by atoms with van der Waals surface area (Å²) >= 11 is 0. The van der Waals surface area contributed by atoms with Crippen molar-refractivity contribution in [3.05, 3.63) is 47.5 Å². The number of nitrogens with zero attached hydrogens (tertiary/aromatic N) is 1. The van der Waals surface area contributed by atoms with Gasteiger partial charge in [-0.2, -0.15) is 5.26 Å². The van der Waals surface area contributed by atoms with Gasteiger partial charge in [0.15, 0.2) is 0 Å². The van der Waals surface area contributed by atoms with Crippen LogP contribution >= 0.6 is 0 Å². The van der Waals surface area contributed by atoms with Crippen LogP contribution in [0.3, 0.4) is 0 Å². The quantitative estimate of drug-likeness (QED) is 0.612. The lowest BCUT2D eigenvalue weighted by molar-refractivity contribution is -0.137. The summed E-state index contributed by atoms with van der Waals surface area (Å²) in [5.74, 6) is -0.656. The molecule has 0 unspecified atom stereocenters. The molecular formula is C12H11NO3. The van der Waals surface area contributed by atoms with Crippen LogP contribution in [-0.4, -0.2) is 18.2 Å². The number of rotatable bonds is 3. The fraction of sp³-hybridized carbons (Fsp3) is 0.167. The van der Waals surface area contributed by atoms with Gasteiger partial charge in [-0.25, -0.2) is 4.79 Å². The fourth-order valence-electron chi connectivity index (χ4n) is 1.18. The molecule has 0 bridgehead atoms. The molecule has 1 aromatic rings. The zero-order valence-electron chi connectivity index (χ0n) is 8.80. The van der Waals surface area contributed by atoms with Crippen molar-refractivity contribution < 1.29 is 14.6 Å². The third-order valence-corrected chi connectivity index (χ3v) is 2.13. The number of aliphatic hydroxyl groups excluding tert-OH is 1. The van der Waals surface area contributed by atoms with Crippen molar-refractivity contribution in [3.8, 4) is 6.07 Å². The minimum absolute atomic E-state index is 0.0350. The molecule has 1 N–H and O–H groups in total. The second-order valence-electron chi connectivity index (χ2n) is 3.15. The lowest BCUT2D eigenvalue weighted by atomic mass is 10.0. The molecule has 0 saturated carbocycles. The first-order valence-electron chi connectivity index (χ1n) is 4.55. The van der Waals surface area contributed by atoms with Gasteiger partial charge in [-0.1, -0.05) is 18.7 Å². The Morgan fingerprint density at radius 1 is 1.50 bits per heavy atom. The predicted octanol–water partition coefficient (Wildman–Crippen LogP) is 1.32. The molecule has 4 heteroatoms. The normalized spacial score (nSPS) is 11.3. The van der Waals surface area contributed by atoms with Gasteiger partial charge in [0.25, 0.3) is 0 Å². The first-order chi connectivity index (χ1) is 7.60. The number of carbonyl (C=O) groups is 1. The van der Waals surface area contributed by atoms with E-state index >= 15 is 0 Å². The summed E-state index contributed by atoms with van der Waals surface area (Å²) in [5, 5.41) is 18.4. The highest BCUT2D eigenvalue weighted by molar-refractivity contribution is 5.88. The van der Waals surface area contributed by atoms with E-state index in [9.17, 15) is 9.90 Å². The van der Waals surface area contributed by atoms with Crippen LogP contribution in [-0.2, 0) is 9.53 Å². The maximum Gasteiger partial charge on any atom is 0.336 e. The largest absolute Gasteiger partial charge is 0.466 e. The van der Waals surface area contributed by atoms with Crippen molar-refractivity contribution in [1.82, 2.24) is 0 Å². The molecule has 16 heavy (non-hydrogen) atoms. The number of carbonyl (C=O) groups excluding carboxylic acids is 1. The van der Waals surface area contributed by atoms with Crippen molar-refractivity contribution in [1.29, 1.82) is 5.26 Å². The van der Waals surface area contributed by atoms with Crippen LogP contribution in [0.4, 0.5) is 0 Å². The summed E-state index contributed by atoms with van der Waals surface area (Å²) in [7, 11) is 1.22. The minimum atomic E-state index is -1.11. The van der Waals surface area contributed by atoms with Crippen LogP contribution < -0.4 is 0 Å². The van der Waals surface area contributed by atoms with Crippen LogP contribution in [0, 0.1) is 11.3 Å². The molecular weight excluding hydrogens is 206 g/mol. The van der Waals surface area contributed by atoms with E-state index < -0.39 is 12.1 Å². The van der Waals surface area contributed by atoms with Crippen LogP contribution in [0.5, 0.6) is 0 Å². The Morgan fingerprint density at radius 2 is 2.06 bits per heavy atom. The van der Waals surface area contributed by atoms with Crippen molar-refractivity contribution in [2.45, 2.75) is 6.10 Å². The highest BCUT2D eigenvalue weighted by Gasteiger charge is 2.18. The molecule has 1 rings (SSSR count). The van der Waals surface area contributed by atoms with Gasteiger partial charge >= 0.3 is 5.97 Å². The predicted molar refractivity (Wildman–Crippen MR) is 57.3 cm³/mol. The van der Waals surface area contributed by atoms with E-state index in [0.29, 0.717) is 11.1 Å². The summed E-state index contributed by atoms with van der Waals surface area (Å²) in [6.45, 7) is 3.45. The zero-order chi connectivity index (χ0) is 12.1. The highest BCUT2D eigenvalue weighted by atomic mass is 16.5. The molecule has 0 fully saturated rings. The molecule has 0 saturated heterocycles. The average Bonchev–Trinajstić information content (AvgIpc) is 2.36. The van der Waals surface area contributed by atoms with Crippen molar-refractivity contribution >= 4 is 5.97 Å². The van der Waals surface area contributed by atoms with Gasteiger partial charge in [0.1, 0.15) is 6.10 Å². The van der Waals surface area contributed by atoms with E-state index in [-0.39, 0.29) is 5.57 Å². The summed E-state index contributed by atoms with van der Waals surface area (Å²) in [4.78, 5) is 11.1. The van der Waals surface area contributed by atoms with E-state index in [1.807, 2.05) is 6.07 Å². The van der Waals surface area contributed by atoms with Crippen molar-refractivity contribution in [2.75, 3.05) is 7.11 Å². The molecule has 4 nitrogen and oxygen atoms in total. The molecule has 0 heterocycles. The maximum absolute atomic E-state index is 11.1. The van der Waals surface area contributed by atoms with E-state index in [1.54, 1.807) is 24.3 Å². The SMILES string of the molecule is C=C(C(=O)OC)[C@H](O)c1ccc(C#N)cc1. The Hall–Kier alpha value is -2.12. The standard InChI is InChI=1S/C12H11NO3/c1-8(12(15)16-2)11(14)10-5-3-9(7-13)4-6-10/h3-6,11,14H,1H2,2H3/t11-/m0/s1. The summed E-state index contributed by atoms with van der Waals surface area (Å²) < 4.78 is 4.45. The summed E-state index contributed by atoms with van der Waals surface area (Å²) in [5.41, 5.74) is 0.946. The average molecular weight is 217 g/mol. The fourth-order valence-corrected chi connectivity index (χ4v) is 1.18. The number of ether oxygens (including phenoxy) is 1. The molecule has 1 aromatic carbocycles. The minimum Gasteiger partial charge on any atom is -0.466 e. The van der Waals surface area contributed by atoms with Gasteiger partial charge in [-0.05, 0) is 17.7 Å². The van der Waals surface area contributed by atoms with Gasteiger partial charge in [0, 0.05) is 0 Å². The van der Waals surface area contributed by atoms with Crippen LogP contribution in [0.1, 0.15) is 17.2 Å². The molecule has 0 aromatic heterocycles. The number of hydrogen-bond donors (Lipinski definition) is 1. The second kappa shape index (κ2) is 5.10. The number of methoxy groups -OCH3 is 1. The monoisotopic (exact) mass is 217 g/mol. The van der Waals surface area contributed by atoms with Gasteiger partial charge in [-0.3, -0.25) is 0 Å². The molecule has 0 radical (unpaired) electrons. The van der Waals surface area contributed by atoms with Crippen molar-refractivity contribution in [3.63, 3.8) is 0 Å². The van der Waals surface area contributed by atoms with E-state index in [4.69, 9.17) is 5.26 Å². The lowest BCUT2D eigenvalue weighted by Gasteiger charge is -2.11. The van der Waals surface area contributed by atoms with E-state index in [1.165, 1.54) is 7.11 Å². The molecule has 0 amide bonds. The van der Waals surface area contributed by atoms with Gasteiger partial charge in [0.2, 0.25) is 0 Å². The molecule has 0 spiro atoms. The zero-order valence-corrected chi connectivity index (χ0v) is 8.80. The van der Waals surface area contributed by atoms with Crippen LogP contribution in [0.2, 0.25) is 0 Å². The number of nitriles is 1. The first-order valence-corrected chi connectivity index (χ1v) is 4.55. The number of esters is 1. The van der Waals surface area contributed by atoms with Crippen LogP contribution in [0.15, 0.2) is 36.4 Å². The van der Waals surface area contributed by atoms with E-state index in [0.717, 1.165) is 0 Å². The topological polar surface area (TPSA) is 70.3 Å². The number of hydrogen-bond acceptors (Lipinski definition) is 4. The highest BCUT2D eigenvalue weighted by Crippen LogP contribution is 2.21. The molecule has 0 aliphatic rings. The van der Waals surface area contributed by atoms with Gasteiger partial charge in [-0.15, -0.1) is 0 Å². The smallest absolute Gasteiger partial charge is 0.336 e. The lowest BCUT2D eigenvalue weighted by Crippen LogP contribution is -2.11. The van der Waals surface area contributed by atoms with E-state index in [2.05, 4.69) is 11.3 Å².